The highest BCUT2D eigenvalue weighted by molar-refractivity contribution is 6.42. The molecule has 1 N–H and O–H groups in total. The third-order valence-corrected chi connectivity index (χ3v) is 4.58. The number of ether oxygens (including phenoxy) is 1. The highest BCUT2D eigenvalue weighted by Gasteiger charge is 2.36. The lowest BCUT2D eigenvalue weighted by molar-refractivity contribution is 0.0865. The Morgan fingerprint density at radius 1 is 1.18 bits per heavy atom. The smallest absolute Gasteiger partial charge is 0.406 e. The van der Waals surface area contributed by atoms with E-state index in [0.29, 0.717) is 26.9 Å². The number of alkyl halides is 3. The van der Waals surface area contributed by atoms with E-state index in [0.717, 1.165) is 10.9 Å². The van der Waals surface area contributed by atoms with Crippen LogP contribution in [0.1, 0.15) is 5.69 Å². The second kappa shape index (κ2) is 7.95. The molecule has 28 heavy (non-hydrogen) atoms. The van der Waals surface area contributed by atoms with Crippen molar-refractivity contribution in [1.29, 1.82) is 0 Å². The molecular weight excluding hydrogens is 435 g/mol. The number of aryl methyl sites for hydroxylation is 1. The lowest BCUT2D eigenvalue weighted by Crippen LogP contribution is -2.19. The first kappa shape index (κ1) is 20.4. The van der Waals surface area contributed by atoms with Gasteiger partial charge in [-0.2, -0.15) is 13.9 Å². The number of anilines is 1. The van der Waals surface area contributed by atoms with Crippen LogP contribution >= 0.6 is 34.8 Å². The molecule has 0 aliphatic carbocycles. The van der Waals surface area contributed by atoms with Crippen LogP contribution in [0, 0.1) is 0 Å². The number of halogens is 5. The monoisotopic (exact) mass is 445 g/mol. The first-order valence-corrected chi connectivity index (χ1v) is 8.92. The summed E-state index contributed by atoms with van der Waals surface area (Å²) in [4.78, 5) is 12.3. The van der Waals surface area contributed by atoms with Crippen LogP contribution < -0.4 is 10.1 Å². The summed E-state index contributed by atoms with van der Waals surface area (Å²) in [6.07, 6.45) is 0.137. The summed E-state index contributed by atoms with van der Waals surface area (Å²) in [5, 5.41) is 3.00. The minimum atomic E-state index is -3.78. The molecule has 3 rings (SSSR count). The van der Waals surface area contributed by atoms with E-state index >= 15 is 0 Å². The molecule has 0 spiro atoms. The Labute approximate surface area is 173 Å². The molecular formula is C18H12Cl3F2N3O2. The molecule has 0 aliphatic heterocycles. The molecule has 10 heteroatoms. The second-order valence-corrected chi connectivity index (χ2v) is 6.99. The number of hydrogen-bond donors (Lipinski definition) is 1. The van der Waals surface area contributed by atoms with Gasteiger partial charge in [-0.3, -0.25) is 10.00 Å². The molecule has 5 nitrogen and oxygen atoms in total. The third kappa shape index (κ3) is 4.55. The van der Waals surface area contributed by atoms with Gasteiger partial charge in [0.2, 0.25) is 0 Å². The van der Waals surface area contributed by atoms with Crippen molar-refractivity contribution in [2.24, 2.45) is 7.05 Å². The van der Waals surface area contributed by atoms with E-state index in [1.54, 1.807) is 42.5 Å². The number of nitrogens with one attached hydrogen (secondary N) is 1. The zero-order valence-electron chi connectivity index (χ0n) is 14.2. The number of amides is 1. The minimum absolute atomic E-state index is 0.348. The van der Waals surface area contributed by atoms with Crippen LogP contribution in [0.4, 0.5) is 19.3 Å². The quantitative estimate of drug-likeness (QED) is 0.479. The Morgan fingerprint density at radius 2 is 1.89 bits per heavy atom. The van der Waals surface area contributed by atoms with Crippen molar-refractivity contribution in [3.8, 4) is 16.9 Å². The molecule has 3 aromatic rings. The van der Waals surface area contributed by atoms with Gasteiger partial charge in [-0.1, -0.05) is 47.5 Å². The highest BCUT2D eigenvalue weighted by Crippen LogP contribution is 2.37. The molecule has 0 saturated carbocycles. The van der Waals surface area contributed by atoms with Crippen molar-refractivity contribution in [2.45, 2.75) is 5.38 Å². The van der Waals surface area contributed by atoms with Crippen molar-refractivity contribution >= 4 is 46.6 Å². The van der Waals surface area contributed by atoms with Crippen LogP contribution in [0.15, 0.2) is 48.7 Å². The molecule has 2 aromatic carbocycles. The van der Waals surface area contributed by atoms with Crippen LogP contribution in [0.3, 0.4) is 0 Å². The lowest BCUT2D eigenvalue weighted by Gasteiger charge is -2.12. The van der Waals surface area contributed by atoms with E-state index < -0.39 is 22.9 Å². The summed E-state index contributed by atoms with van der Waals surface area (Å²) >= 11 is 17.0. The van der Waals surface area contributed by atoms with Gasteiger partial charge in [0.15, 0.2) is 11.4 Å². The molecule has 1 aromatic heterocycles. The fourth-order valence-electron chi connectivity index (χ4n) is 2.48. The number of carbonyl (C=O) groups is 1. The Kier molecular flexibility index (Phi) is 5.79. The second-order valence-electron chi connectivity index (χ2n) is 5.70. The molecule has 0 bridgehead atoms. The average molecular weight is 447 g/mol. The molecule has 1 heterocycles. The molecule has 0 radical (unpaired) electrons. The van der Waals surface area contributed by atoms with Gasteiger partial charge in [0.25, 0.3) is 0 Å². The number of aromatic nitrogens is 2. The summed E-state index contributed by atoms with van der Waals surface area (Å²) in [7, 11) is 1.40. The minimum Gasteiger partial charge on any atom is -0.406 e. The Balaban J connectivity index is 1.85. The summed E-state index contributed by atoms with van der Waals surface area (Å²) in [5.74, 6) is -0.452. The largest absolute Gasteiger partial charge is 0.417 e. The van der Waals surface area contributed by atoms with Crippen molar-refractivity contribution < 1.29 is 18.3 Å². The van der Waals surface area contributed by atoms with Gasteiger partial charge in [-0.15, -0.1) is 0 Å². The standard InChI is InChI=1S/C18H12Cl3F2N3O2/c1-26-9-15(16(25-26)18(21,22)23)28-17(27)24-14-5-3-2-4-11(14)10-6-7-12(19)13(20)8-10/h2-9H,1H3,(H,24,27). The molecule has 1 amide bonds. The van der Waals surface area contributed by atoms with E-state index in [2.05, 4.69) is 10.4 Å². The van der Waals surface area contributed by atoms with Crippen LogP contribution in [-0.4, -0.2) is 15.9 Å². The predicted octanol–water partition coefficient (Wildman–Crippen LogP) is 6.29. The van der Waals surface area contributed by atoms with Crippen LogP contribution in [0.25, 0.3) is 11.1 Å². The number of carbonyl (C=O) groups excluding carboxylic acids is 1. The Bertz CT molecular complexity index is 1040. The van der Waals surface area contributed by atoms with Crippen molar-refractivity contribution in [3.63, 3.8) is 0 Å². The van der Waals surface area contributed by atoms with E-state index in [-0.39, 0.29) is 0 Å². The SMILES string of the molecule is Cn1cc(OC(=O)Nc2ccccc2-c2ccc(Cl)c(Cl)c2)c(C(F)(F)Cl)n1. The summed E-state index contributed by atoms with van der Waals surface area (Å²) in [6.45, 7) is 0. The van der Waals surface area contributed by atoms with Gasteiger partial charge in [-0.25, -0.2) is 4.79 Å². The lowest BCUT2D eigenvalue weighted by atomic mass is 10.0. The molecule has 0 fully saturated rings. The van der Waals surface area contributed by atoms with Gasteiger partial charge >= 0.3 is 11.5 Å². The number of nitrogens with zero attached hydrogens (tertiary/aromatic N) is 2. The summed E-state index contributed by atoms with van der Waals surface area (Å²) < 4.78 is 32.9. The maximum Gasteiger partial charge on any atom is 0.417 e. The van der Waals surface area contributed by atoms with Crippen molar-refractivity contribution in [1.82, 2.24) is 9.78 Å². The van der Waals surface area contributed by atoms with Crippen LogP contribution in [0.2, 0.25) is 10.0 Å². The van der Waals surface area contributed by atoms with Gasteiger partial charge in [0.05, 0.1) is 21.9 Å². The first-order chi connectivity index (χ1) is 13.1. The van der Waals surface area contributed by atoms with Crippen molar-refractivity contribution in [3.05, 3.63) is 64.4 Å². The first-order valence-electron chi connectivity index (χ1n) is 7.79. The predicted molar refractivity (Wildman–Crippen MR) is 104 cm³/mol. The maximum atomic E-state index is 13.4. The van der Waals surface area contributed by atoms with Gasteiger partial charge in [-0.05, 0) is 35.4 Å². The van der Waals surface area contributed by atoms with E-state index in [4.69, 9.17) is 39.5 Å². The van der Waals surface area contributed by atoms with E-state index in [1.165, 1.54) is 7.05 Å². The zero-order valence-corrected chi connectivity index (χ0v) is 16.5. The Hall–Kier alpha value is -2.35. The fraction of sp³-hybridized carbons (Fsp3) is 0.111. The Morgan fingerprint density at radius 3 is 2.57 bits per heavy atom. The average Bonchev–Trinajstić information content (AvgIpc) is 2.98. The van der Waals surface area contributed by atoms with Crippen LogP contribution in [0.5, 0.6) is 5.75 Å². The molecule has 0 atom stereocenters. The summed E-state index contributed by atoms with van der Waals surface area (Å²) in [6, 6.07) is 11.8. The number of benzene rings is 2. The number of hydrogen-bond acceptors (Lipinski definition) is 3. The van der Waals surface area contributed by atoms with E-state index in [1.807, 2.05) is 0 Å². The number of rotatable bonds is 4. The molecule has 146 valence electrons. The van der Waals surface area contributed by atoms with Gasteiger partial charge in [0, 0.05) is 12.6 Å². The third-order valence-electron chi connectivity index (χ3n) is 3.66. The van der Waals surface area contributed by atoms with Gasteiger partial charge in [0.1, 0.15) is 0 Å². The number of para-hydroxylation sites is 1. The molecule has 0 unspecified atom stereocenters. The van der Waals surface area contributed by atoms with Crippen LogP contribution in [-0.2, 0) is 12.4 Å². The maximum absolute atomic E-state index is 13.4. The topological polar surface area (TPSA) is 56.1 Å². The highest BCUT2D eigenvalue weighted by atomic mass is 35.5. The fourth-order valence-corrected chi connectivity index (χ4v) is 2.91. The van der Waals surface area contributed by atoms with Gasteiger partial charge < -0.3 is 4.74 Å². The molecule has 0 saturated heterocycles. The van der Waals surface area contributed by atoms with Crippen molar-refractivity contribution in [2.75, 3.05) is 5.32 Å². The van der Waals surface area contributed by atoms with E-state index in [9.17, 15) is 13.6 Å². The summed E-state index contributed by atoms with van der Waals surface area (Å²) in [5.41, 5.74) is 0.852. The zero-order chi connectivity index (χ0) is 20.5. The molecule has 0 aliphatic rings. The normalized spacial score (nSPS) is 11.4.